The summed E-state index contributed by atoms with van der Waals surface area (Å²) in [6, 6.07) is 12.3. The van der Waals surface area contributed by atoms with Gasteiger partial charge in [-0.2, -0.15) is 0 Å². The summed E-state index contributed by atoms with van der Waals surface area (Å²) in [5.74, 6) is 0.281. The Kier molecular flexibility index (Phi) is 4.05. The molecule has 4 rings (SSSR count). The third-order valence-electron chi connectivity index (χ3n) is 4.50. The van der Waals surface area contributed by atoms with E-state index in [1.807, 2.05) is 24.3 Å². The molecule has 0 saturated carbocycles. The summed E-state index contributed by atoms with van der Waals surface area (Å²) >= 11 is 2.95. The number of phenols is 1. The van der Waals surface area contributed by atoms with Gasteiger partial charge in [-0.05, 0) is 43.5 Å². The van der Waals surface area contributed by atoms with Crippen LogP contribution in [0.25, 0.3) is 0 Å². The van der Waals surface area contributed by atoms with E-state index in [0.29, 0.717) is 12.1 Å². The number of carbonyl (C=O) groups excluding carboxylic acids is 1. The standard InChI is InChI=1S/C17H18N2O2S2/c20-13-3-1-2-4-14(13)22-16-8-7-15(23-16)17(21)19-12-9-10-5-6-11(12)18-10/h1-4,7-8,10-12,18,20H,5-6,9H2,(H,19,21)/t10-,11+,12-/m1/s1. The molecule has 0 unspecified atom stereocenters. The van der Waals surface area contributed by atoms with E-state index in [4.69, 9.17) is 0 Å². The Morgan fingerprint density at radius 3 is 2.87 bits per heavy atom. The van der Waals surface area contributed by atoms with Crippen LogP contribution >= 0.6 is 23.1 Å². The molecule has 3 heterocycles. The van der Waals surface area contributed by atoms with Gasteiger partial charge in [-0.1, -0.05) is 23.9 Å². The largest absolute Gasteiger partial charge is 0.507 e. The number of carbonyl (C=O) groups is 1. The predicted octanol–water partition coefficient (Wildman–Crippen LogP) is 3.23. The van der Waals surface area contributed by atoms with Gasteiger partial charge in [-0.3, -0.25) is 4.79 Å². The van der Waals surface area contributed by atoms with E-state index in [-0.39, 0.29) is 17.7 Å². The van der Waals surface area contributed by atoms with E-state index in [1.165, 1.54) is 29.5 Å². The van der Waals surface area contributed by atoms with Crippen LogP contribution in [0.1, 0.15) is 28.9 Å². The van der Waals surface area contributed by atoms with Gasteiger partial charge >= 0.3 is 0 Å². The monoisotopic (exact) mass is 346 g/mol. The van der Waals surface area contributed by atoms with Crippen LogP contribution in [0.4, 0.5) is 0 Å². The molecule has 4 nitrogen and oxygen atoms in total. The molecule has 0 aliphatic carbocycles. The van der Waals surface area contributed by atoms with E-state index in [2.05, 4.69) is 10.6 Å². The van der Waals surface area contributed by atoms with Gasteiger partial charge in [0.2, 0.25) is 0 Å². The molecule has 23 heavy (non-hydrogen) atoms. The van der Waals surface area contributed by atoms with Crippen molar-refractivity contribution < 1.29 is 9.90 Å². The summed E-state index contributed by atoms with van der Waals surface area (Å²) in [7, 11) is 0. The molecule has 1 aromatic carbocycles. The molecule has 6 heteroatoms. The summed E-state index contributed by atoms with van der Waals surface area (Å²) in [5, 5.41) is 16.5. The van der Waals surface area contributed by atoms with Crippen molar-refractivity contribution in [2.24, 2.45) is 0 Å². The number of para-hydroxylation sites is 1. The third-order valence-corrected chi connectivity index (χ3v) is 6.78. The zero-order valence-electron chi connectivity index (χ0n) is 12.5. The van der Waals surface area contributed by atoms with Gasteiger partial charge in [0.15, 0.2) is 0 Å². The normalized spacial score (nSPS) is 25.7. The minimum Gasteiger partial charge on any atom is -0.507 e. The van der Waals surface area contributed by atoms with Crippen molar-refractivity contribution in [2.45, 2.75) is 46.5 Å². The van der Waals surface area contributed by atoms with Gasteiger partial charge in [-0.25, -0.2) is 0 Å². The smallest absolute Gasteiger partial charge is 0.261 e. The minimum absolute atomic E-state index is 0.0125. The Hall–Kier alpha value is -1.50. The second-order valence-electron chi connectivity index (χ2n) is 6.05. The number of rotatable bonds is 4. The minimum atomic E-state index is 0.0125. The molecule has 2 aliphatic heterocycles. The van der Waals surface area contributed by atoms with Crippen LogP contribution in [0.2, 0.25) is 0 Å². The number of thiophene rings is 1. The van der Waals surface area contributed by atoms with Gasteiger partial charge in [0.1, 0.15) is 5.75 Å². The van der Waals surface area contributed by atoms with Crippen molar-refractivity contribution in [3.8, 4) is 5.75 Å². The summed E-state index contributed by atoms with van der Waals surface area (Å²) in [5.41, 5.74) is 0. The van der Waals surface area contributed by atoms with Crippen molar-refractivity contribution in [3.63, 3.8) is 0 Å². The van der Waals surface area contributed by atoms with Crippen LogP contribution in [-0.4, -0.2) is 29.1 Å². The molecule has 2 saturated heterocycles. The predicted molar refractivity (Wildman–Crippen MR) is 92.4 cm³/mol. The molecule has 2 bridgehead atoms. The van der Waals surface area contributed by atoms with Crippen LogP contribution in [0.5, 0.6) is 5.75 Å². The van der Waals surface area contributed by atoms with E-state index in [9.17, 15) is 9.90 Å². The first-order valence-electron chi connectivity index (χ1n) is 7.81. The lowest BCUT2D eigenvalue weighted by Crippen LogP contribution is -2.42. The number of phenolic OH excluding ortho intramolecular Hbond substituents is 1. The number of hydrogen-bond acceptors (Lipinski definition) is 5. The SMILES string of the molecule is O=C(N[C@@H]1C[C@H]2CC[C@@H]1N2)c1ccc(Sc2ccccc2O)s1. The van der Waals surface area contributed by atoms with Crippen molar-refractivity contribution in [1.82, 2.24) is 10.6 Å². The Morgan fingerprint density at radius 1 is 1.26 bits per heavy atom. The van der Waals surface area contributed by atoms with Crippen LogP contribution in [0.15, 0.2) is 45.5 Å². The number of amides is 1. The molecule has 0 spiro atoms. The van der Waals surface area contributed by atoms with Gasteiger partial charge in [0.05, 0.1) is 14.0 Å². The second kappa shape index (κ2) is 6.19. The number of hydrogen-bond donors (Lipinski definition) is 3. The Bertz CT molecular complexity index is 731. The topological polar surface area (TPSA) is 61.4 Å². The lowest BCUT2D eigenvalue weighted by atomic mass is 9.95. The molecule has 3 N–H and O–H groups in total. The Labute approximate surface area is 143 Å². The molecule has 2 aromatic rings. The van der Waals surface area contributed by atoms with Crippen LogP contribution in [0.3, 0.4) is 0 Å². The highest BCUT2D eigenvalue weighted by Gasteiger charge is 2.39. The summed E-state index contributed by atoms with van der Waals surface area (Å²) < 4.78 is 1.00. The third kappa shape index (κ3) is 3.11. The van der Waals surface area contributed by atoms with Crippen molar-refractivity contribution in [1.29, 1.82) is 0 Å². The maximum absolute atomic E-state index is 12.4. The van der Waals surface area contributed by atoms with Gasteiger partial charge in [0, 0.05) is 18.1 Å². The molecule has 1 aromatic heterocycles. The average molecular weight is 346 g/mol. The average Bonchev–Trinajstić information content (AvgIpc) is 3.26. The number of fused-ring (bicyclic) bond motifs is 2. The Morgan fingerprint density at radius 2 is 2.13 bits per heavy atom. The fourth-order valence-corrected chi connectivity index (χ4v) is 5.39. The number of aromatic hydroxyl groups is 1. The molecule has 2 fully saturated rings. The maximum atomic E-state index is 12.4. The lowest BCUT2D eigenvalue weighted by molar-refractivity contribution is 0.0935. The van der Waals surface area contributed by atoms with Crippen LogP contribution in [-0.2, 0) is 0 Å². The van der Waals surface area contributed by atoms with Crippen molar-refractivity contribution >= 4 is 29.0 Å². The lowest BCUT2D eigenvalue weighted by Gasteiger charge is -2.20. The fourth-order valence-electron chi connectivity index (χ4n) is 3.37. The maximum Gasteiger partial charge on any atom is 0.261 e. The van der Waals surface area contributed by atoms with Gasteiger partial charge in [-0.15, -0.1) is 11.3 Å². The first-order chi connectivity index (χ1) is 11.2. The molecular formula is C17H18N2O2S2. The number of nitrogens with one attached hydrogen (secondary N) is 2. The van der Waals surface area contributed by atoms with E-state index in [0.717, 1.165) is 26.8 Å². The zero-order valence-corrected chi connectivity index (χ0v) is 14.1. The molecule has 2 aliphatic rings. The molecule has 120 valence electrons. The van der Waals surface area contributed by atoms with E-state index in [1.54, 1.807) is 12.1 Å². The zero-order chi connectivity index (χ0) is 15.8. The summed E-state index contributed by atoms with van der Waals surface area (Å²) in [6.07, 6.45) is 3.44. The molecule has 3 atom stereocenters. The van der Waals surface area contributed by atoms with Gasteiger partial charge in [0.25, 0.3) is 5.91 Å². The first-order valence-corrected chi connectivity index (χ1v) is 9.45. The highest BCUT2D eigenvalue weighted by atomic mass is 32.2. The molecular weight excluding hydrogens is 328 g/mol. The van der Waals surface area contributed by atoms with E-state index < -0.39 is 0 Å². The van der Waals surface area contributed by atoms with Gasteiger partial charge < -0.3 is 15.7 Å². The fraction of sp³-hybridized carbons (Fsp3) is 0.353. The summed E-state index contributed by atoms with van der Waals surface area (Å²) in [4.78, 5) is 14.0. The van der Waals surface area contributed by atoms with Crippen molar-refractivity contribution in [3.05, 3.63) is 41.3 Å². The quantitative estimate of drug-likeness (QED) is 0.795. The van der Waals surface area contributed by atoms with E-state index >= 15 is 0 Å². The van der Waals surface area contributed by atoms with Crippen LogP contribution in [0, 0.1) is 0 Å². The first kappa shape index (κ1) is 15.1. The van der Waals surface area contributed by atoms with Crippen molar-refractivity contribution in [2.75, 3.05) is 0 Å². The highest BCUT2D eigenvalue weighted by Crippen LogP contribution is 2.38. The van der Waals surface area contributed by atoms with Crippen LogP contribution < -0.4 is 10.6 Å². The Balaban J connectivity index is 1.41. The highest BCUT2D eigenvalue weighted by molar-refractivity contribution is 8.01. The molecule has 0 radical (unpaired) electrons. The second-order valence-corrected chi connectivity index (χ2v) is 8.48. The number of benzene rings is 1. The summed E-state index contributed by atoms with van der Waals surface area (Å²) in [6.45, 7) is 0. The molecule has 1 amide bonds.